The zero-order valence-electron chi connectivity index (χ0n) is 21.1. The van der Waals surface area contributed by atoms with Gasteiger partial charge in [0.05, 0.1) is 0 Å². The molecule has 194 valence electrons. The molecule has 3 rings (SSSR count). The van der Waals surface area contributed by atoms with Crippen LogP contribution in [0.25, 0.3) is 0 Å². The summed E-state index contributed by atoms with van der Waals surface area (Å²) in [5, 5.41) is 5.87. The topological polar surface area (TPSA) is 131 Å². The van der Waals surface area contributed by atoms with E-state index in [9.17, 15) is 14.4 Å². The van der Waals surface area contributed by atoms with Gasteiger partial charge in [0, 0.05) is 26.6 Å². The summed E-state index contributed by atoms with van der Waals surface area (Å²) in [5.74, 6) is -0.285. The Morgan fingerprint density at radius 2 is 1.56 bits per heavy atom. The molecular formula is C28H39N5O3. The second-order valence-corrected chi connectivity index (χ2v) is 9.69. The van der Waals surface area contributed by atoms with Gasteiger partial charge in [0.15, 0.2) is 0 Å². The monoisotopic (exact) mass is 493 g/mol. The van der Waals surface area contributed by atoms with E-state index in [1.165, 1.54) is 11.3 Å². The molecule has 0 saturated heterocycles. The number of carbonyl (C=O) groups excluding carboxylic acids is 3. The van der Waals surface area contributed by atoms with Crippen molar-refractivity contribution >= 4 is 17.8 Å². The molecule has 0 unspecified atom stereocenters. The lowest BCUT2D eigenvalue weighted by Gasteiger charge is -2.32. The molecule has 0 aromatic heterocycles. The van der Waals surface area contributed by atoms with Gasteiger partial charge in [-0.3, -0.25) is 9.59 Å². The summed E-state index contributed by atoms with van der Waals surface area (Å²) >= 11 is 0. The fourth-order valence-electron chi connectivity index (χ4n) is 4.77. The van der Waals surface area contributed by atoms with E-state index in [4.69, 9.17) is 11.5 Å². The molecule has 6 N–H and O–H groups in total. The number of hydrogen-bond donors (Lipinski definition) is 4. The number of rotatable bonds is 11. The minimum atomic E-state index is -0.793. The third kappa shape index (κ3) is 8.09. The van der Waals surface area contributed by atoms with E-state index < -0.39 is 18.1 Å². The first kappa shape index (κ1) is 27.2. The van der Waals surface area contributed by atoms with Crippen molar-refractivity contribution in [3.8, 4) is 0 Å². The van der Waals surface area contributed by atoms with Crippen molar-refractivity contribution in [2.75, 3.05) is 7.05 Å². The number of urea groups is 1. The molecule has 4 amide bonds. The molecule has 1 aliphatic carbocycles. The van der Waals surface area contributed by atoms with E-state index in [0.717, 1.165) is 42.4 Å². The maximum Gasteiger partial charge on any atom is 0.315 e. The van der Waals surface area contributed by atoms with Gasteiger partial charge in [-0.25, -0.2) is 4.79 Å². The number of hydrogen-bond acceptors (Lipinski definition) is 4. The first-order valence-electron chi connectivity index (χ1n) is 12.8. The van der Waals surface area contributed by atoms with Crippen LogP contribution in [0.2, 0.25) is 0 Å². The maximum absolute atomic E-state index is 13.5. The first-order valence-corrected chi connectivity index (χ1v) is 12.8. The van der Waals surface area contributed by atoms with Crippen molar-refractivity contribution in [2.45, 2.75) is 70.1 Å². The van der Waals surface area contributed by atoms with Gasteiger partial charge in [0.1, 0.15) is 12.1 Å². The Balaban J connectivity index is 1.73. The Hall–Kier alpha value is -3.39. The lowest BCUT2D eigenvalue weighted by molar-refractivity contribution is -0.131. The van der Waals surface area contributed by atoms with Crippen LogP contribution in [0.4, 0.5) is 4.79 Å². The lowest BCUT2D eigenvalue weighted by atomic mass is 9.84. The van der Waals surface area contributed by atoms with Crippen LogP contribution in [0.3, 0.4) is 0 Å². The van der Waals surface area contributed by atoms with Crippen LogP contribution in [0, 0.1) is 5.92 Å². The van der Waals surface area contributed by atoms with E-state index >= 15 is 0 Å². The predicted octanol–water partition coefficient (Wildman–Crippen LogP) is 2.84. The minimum Gasteiger partial charge on any atom is -0.351 e. The van der Waals surface area contributed by atoms with Gasteiger partial charge in [-0.15, -0.1) is 0 Å². The van der Waals surface area contributed by atoms with Gasteiger partial charge < -0.3 is 27.0 Å². The normalized spacial score (nSPS) is 15.5. The average molecular weight is 494 g/mol. The van der Waals surface area contributed by atoms with Crippen molar-refractivity contribution in [3.63, 3.8) is 0 Å². The number of nitrogens with zero attached hydrogens (tertiary/aromatic N) is 1. The maximum atomic E-state index is 13.5. The van der Waals surface area contributed by atoms with Crippen molar-refractivity contribution < 1.29 is 14.4 Å². The fraction of sp³-hybridized carbons (Fsp3) is 0.464. The van der Waals surface area contributed by atoms with Crippen LogP contribution in [0.5, 0.6) is 0 Å². The number of benzene rings is 2. The number of likely N-dealkylation sites (N-methyl/N-ethyl adjacent to an activating group) is 1. The second-order valence-electron chi connectivity index (χ2n) is 9.69. The molecule has 0 bridgehead atoms. The Morgan fingerprint density at radius 3 is 2.17 bits per heavy atom. The summed E-state index contributed by atoms with van der Waals surface area (Å²) < 4.78 is 0. The molecule has 0 heterocycles. The molecule has 8 nitrogen and oxygen atoms in total. The molecule has 2 aromatic carbocycles. The molecule has 1 fully saturated rings. The third-order valence-electron chi connectivity index (χ3n) is 7.04. The molecule has 8 heteroatoms. The van der Waals surface area contributed by atoms with Gasteiger partial charge in [-0.1, -0.05) is 86.7 Å². The summed E-state index contributed by atoms with van der Waals surface area (Å²) in [6.45, 7) is 0.789. The molecular weight excluding hydrogens is 454 g/mol. The fourth-order valence-corrected chi connectivity index (χ4v) is 4.77. The number of amides is 4. The molecule has 2 atom stereocenters. The predicted molar refractivity (Wildman–Crippen MR) is 141 cm³/mol. The zero-order valence-corrected chi connectivity index (χ0v) is 21.1. The second kappa shape index (κ2) is 13.6. The van der Waals surface area contributed by atoms with Gasteiger partial charge in [0.2, 0.25) is 11.8 Å². The van der Waals surface area contributed by atoms with Gasteiger partial charge in [0.25, 0.3) is 0 Å². The summed E-state index contributed by atoms with van der Waals surface area (Å²) in [7, 11) is 1.55. The summed E-state index contributed by atoms with van der Waals surface area (Å²) in [6.07, 6.45) is 6.41. The Labute approximate surface area is 213 Å². The van der Waals surface area contributed by atoms with Crippen LogP contribution >= 0.6 is 0 Å². The lowest BCUT2D eigenvalue weighted by Crippen LogP contribution is -2.56. The highest BCUT2D eigenvalue weighted by Gasteiger charge is 2.32. The van der Waals surface area contributed by atoms with Gasteiger partial charge in [-0.05, 0) is 29.0 Å². The SMILES string of the molecule is CN(C(N)=O)[C@H](CC1CCCCC1)C(=O)N[C@@H](Cc1ccccc1)C(=O)NCc1ccc(CN)cc1. The molecule has 0 radical (unpaired) electrons. The van der Waals surface area contributed by atoms with Crippen LogP contribution < -0.4 is 22.1 Å². The van der Waals surface area contributed by atoms with Crippen LogP contribution in [0.15, 0.2) is 54.6 Å². The molecule has 36 heavy (non-hydrogen) atoms. The van der Waals surface area contributed by atoms with Gasteiger partial charge >= 0.3 is 6.03 Å². The van der Waals surface area contributed by atoms with Crippen molar-refractivity contribution in [3.05, 3.63) is 71.3 Å². The Kier molecular flexibility index (Phi) is 10.3. The summed E-state index contributed by atoms with van der Waals surface area (Å²) in [4.78, 5) is 40.0. The molecule has 0 spiro atoms. The van der Waals surface area contributed by atoms with Crippen LogP contribution in [-0.2, 0) is 29.1 Å². The van der Waals surface area contributed by atoms with E-state index in [0.29, 0.717) is 31.8 Å². The third-order valence-corrected chi connectivity index (χ3v) is 7.04. The van der Waals surface area contributed by atoms with E-state index in [2.05, 4.69) is 10.6 Å². The highest BCUT2D eigenvalue weighted by Crippen LogP contribution is 2.28. The highest BCUT2D eigenvalue weighted by molar-refractivity contribution is 5.91. The Bertz CT molecular complexity index is 990. The van der Waals surface area contributed by atoms with E-state index in [-0.39, 0.29) is 11.8 Å². The Morgan fingerprint density at radius 1 is 0.917 bits per heavy atom. The largest absolute Gasteiger partial charge is 0.351 e. The van der Waals surface area contributed by atoms with Crippen LogP contribution in [0.1, 0.15) is 55.2 Å². The minimum absolute atomic E-state index is 0.284. The molecule has 2 aromatic rings. The zero-order chi connectivity index (χ0) is 25.9. The van der Waals surface area contributed by atoms with E-state index in [1.54, 1.807) is 7.05 Å². The summed E-state index contributed by atoms with van der Waals surface area (Å²) in [6, 6.07) is 15.1. The molecule has 1 saturated carbocycles. The molecule has 0 aliphatic heterocycles. The van der Waals surface area contributed by atoms with Crippen molar-refractivity contribution in [2.24, 2.45) is 17.4 Å². The van der Waals surface area contributed by atoms with E-state index in [1.807, 2.05) is 54.6 Å². The van der Waals surface area contributed by atoms with Gasteiger partial charge in [-0.2, -0.15) is 0 Å². The number of nitrogens with one attached hydrogen (secondary N) is 2. The standard InChI is InChI=1S/C28H39N5O3/c1-33(28(30)36)25(17-21-10-6-3-7-11-21)27(35)32-24(16-20-8-4-2-5-9-20)26(34)31-19-23-14-12-22(18-29)13-15-23/h2,4-5,8-9,12-15,21,24-25H,3,6-7,10-11,16-19,29H2,1H3,(H2,30,36)(H,31,34)(H,32,35)/t24-,25+/m0/s1. The smallest absolute Gasteiger partial charge is 0.315 e. The highest BCUT2D eigenvalue weighted by atomic mass is 16.2. The quantitative estimate of drug-likeness (QED) is 0.383. The molecule has 1 aliphatic rings. The number of primary amides is 1. The van der Waals surface area contributed by atoms with Crippen molar-refractivity contribution in [1.29, 1.82) is 0 Å². The average Bonchev–Trinajstić information content (AvgIpc) is 2.91. The van der Waals surface area contributed by atoms with Crippen molar-refractivity contribution in [1.82, 2.24) is 15.5 Å². The van der Waals surface area contributed by atoms with Crippen LogP contribution in [-0.4, -0.2) is 41.9 Å². The number of nitrogens with two attached hydrogens (primary N) is 2. The number of carbonyl (C=O) groups is 3. The summed E-state index contributed by atoms with van der Waals surface area (Å²) in [5.41, 5.74) is 14.1. The first-order chi connectivity index (χ1) is 17.4.